The second kappa shape index (κ2) is 7.53. The van der Waals surface area contributed by atoms with Crippen LogP contribution in [-0.4, -0.2) is 22.6 Å². The van der Waals surface area contributed by atoms with Crippen molar-refractivity contribution in [2.45, 2.75) is 20.3 Å². The topological polar surface area (TPSA) is 46.1 Å². The van der Waals surface area contributed by atoms with Crippen molar-refractivity contribution in [1.29, 1.82) is 0 Å². The van der Waals surface area contributed by atoms with Crippen molar-refractivity contribution in [1.82, 2.24) is 10.2 Å². The number of amides is 1. The molecule has 2 aromatic carbocycles. The summed E-state index contributed by atoms with van der Waals surface area (Å²) in [7, 11) is 0. The van der Waals surface area contributed by atoms with Gasteiger partial charge in [-0.05, 0) is 37.1 Å². The van der Waals surface area contributed by atoms with Crippen LogP contribution in [0.1, 0.15) is 29.3 Å². The molecule has 0 aliphatic carbocycles. The Balaban J connectivity index is 1.94. The monoisotopic (exact) mass is 355 g/mol. The number of carbonyl (C=O) groups excluding carboxylic acids is 1. The van der Waals surface area contributed by atoms with Crippen LogP contribution in [0.2, 0.25) is 0 Å². The first kappa shape index (κ1) is 17.2. The maximum Gasteiger partial charge on any atom is 0.260 e. The molecule has 0 atom stereocenters. The van der Waals surface area contributed by atoms with E-state index in [-0.39, 0.29) is 5.91 Å². The minimum atomic E-state index is -0.430. The Morgan fingerprint density at radius 2 is 1.96 bits per heavy atom. The van der Waals surface area contributed by atoms with E-state index in [0.717, 1.165) is 22.6 Å². The highest BCUT2D eigenvalue weighted by molar-refractivity contribution is 7.18. The molecule has 3 aromatic rings. The van der Waals surface area contributed by atoms with E-state index in [1.807, 2.05) is 38.1 Å². The summed E-state index contributed by atoms with van der Waals surface area (Å²) in [4.78, 5) is 14.4. The largest absolute Gasteiger partial charge is 0.283 e. The fourth-order valence-corrected chi connectivity index (χ4v) is 3.49. The first-order valence-electron chi connectivity index (χ1n) is 8.07. The SMILES string of the molecule is CCCN(C(=O)c1cccc(F)c1)c1nnc(-c2ccccc2C)s1. The third-order valence-corrected chi connectivity index (χ3v) is 4.76. The Morgan fingerprint density at radius 1 is 1.16 bits per heavy atom. The van der Waals surface area contributed by atoms with Gasteiger partial charge in [-0.3, -0.25) is 9.69 Å². The molecule has 6 heteroatoms. The maximum absolute atomic E-state index is 13.5. The molecule has 0 fully saturated rings. The third kappa shape index (κ3) is 3.74. The summed E-state index contributed by atoms with van der Waals surface area (Å²) in [6, 6.07) is 13.6. The smallest absolute Gasteiger partial charge is 0.260 e. The van der Waals surface area contributed by atoms with Gasteiger partial charge in [0.05, 0.1) is 0 Å². The number of rotatable bonds is 5. The molecule has 3 rings (SSSR count). The first-order valence-corrected chi connectivity index (χ1v) is 8.88. The van der Waals surface area contributed by atoms with Gasteiger partial charge in [0, 0.05) is 17.7 Å². The average Bonchev–Trinajstić information content (AvgIpc) is 3.09. The Hall–Kier alpha value is -2.60. The summed E-state index contributed by atoms with van der Waals surface area (Å²) in [5.41, 5.74) is 2.41. The van der Waals surface area contributed by atoms with Crippen molar-refractivity contribution in [2.75, 3.05) is 11.4 Å². The minimum absolute atomic E-state index is 0.270. The summed E-state index contributed by atoms with van der Waals surface area (Å²) in [5, 5.41) is 9.73. The Bertz CT molecular complexity index is 894. The van der Waals surface area contributed by atoms with Crippen molar-refractivity contribution in [3.63, 3.8) is 0 Å². The molecule has 1 aromatic heterocycles. The predicted octanol–water partition coefficient (Wildman–Crippen LogP) is 4.71. The zero-order valence-corrected chi connectivity index (χ0v) is 14.9. The van der Waals surface area contributed by atoms with E-state index in [1.165, 1.54) is 29.5 Å². The van der Waals surface area contributed by atoms with E-state index in [4.69, 9.17) is 0 Å². The van der Waals surface area contributed by atoms with Gasteiger partial charge >= 0.3 is 0 Å². The van der Waals surface area contributed by atoms with Crippen LogP contribution in [0.3, 0.4) is 0 Å². The molecule has 0 saturated heterocycles. The molecule has 4 nitrogen and oxygen atoms in total. The van der Waals surface area contributed by atoms with Gasteiger partial charge in [0.1, 0.15) is 10.8 Å². The van der Waals surface area contributed by atoms with E-state index >= 15 is 0 Å². The number of nitrogens with zero attached hydrogens (tertiary/aromatic N) is 3. The van der Waals surface area contributed by atoms with Crippen LogP contribution in [0.5, 0.6) is 0 Å². The van der Waals surface area contributed by atoms with Gasteiger partial charge in [0.2, 0.25) is 5.13 Å². The van der Waals surface area contributed by atoms with Crippen LogP contribution >= 0.6 is 11.3 Å². The summed E-state index contributed by atoms with van der Waals surface area (Å²) in [6.07, 6.45) is 0.764. The van der Waals surface area contributed by atoms with Crippen molar-refractivity contribution < 1.29 is 9.18 Å². The predicted molar refractivity (Wildman–Crippen MR) is 98.4 cm³/mol. The molecule has 1 amide bonds. The lowest BCUT2D eigenvalue weighted by Crippen LogP contribution is -2.31. The second-order valence-corrected chi connectivity index (χ2v) is 6.63. The number of hydrogen-bond donors (Lipinski definition) is 0. The lowest BCUT2D eigenvalue weighted by molar-refractivity contribution is 0.0986. The number of carbonyl (C=O) groups is 1. The molecule has 128 valence electrons. The molecular weight excluding hydrogens is 337 g/mol. The van der Waals surface area contributed by atoms with Crippen LogP contribution in [0.25, 0.3) is 10.6 Å². The molecule has 0 aliphatic heterocycles. The van der Waals surface area contributed by atoms with Gasteiger partial charge in [0.25, 0.3) is 5.91 Å². The van der Waals surface area contributed by atoms with Gasteiger partial charge in [-0.1, -0.05) is 48.6 Å². The van der Waals surface area contributed by atoms with Crippen LogP contribution in [-0.2, 0) is 0 Å². The number of anilines is 1. The molecule has 0 unspecified atom stereocenters. The number of halogens is 1. The first-order chi connectivity index (χ1) is 12.1. The van der Waals surface area contributed by atoms with Crippen LogP contribution in [0.4, 0.5) is 9.52 Å². The molecule has 0 aliphatic rings. The molecule has 0 radical (unpaired) electrons. The quantitative estimate of drug-likeness (QED) is 0.666. The van der Waals surface area contributed by atoms with Gasteiger partial charge in [-0.15, -0.1) is 10.2 Å². The maximum atomic E-state index is 13.5. The minimum Gasteiger partial charge on any atom is -0.283 e. The zero-order valence-electron chi connectivity index (χ0n) is 14.1. The lowest BCUT2D eigenvalue weighted by Gasteiger charge is -2.18. The van der Waals surface area contributed by atoms with Gasteiger partial charge in [-0.2, -0.15) is 0 Å². The van der Waals surface area contributed by atoms with E-state index in [0.29, 0.717) is 17.2 Å². The van der Waals surface area contributed by atoms with Crippen molar-refractivity contribution in [3.05, 3.63) is 65.5 Å². The average molecular weight is 355 g/mol. The van der Waals surface area contributed by atoms with Crippen molar-refractivity contribution >= 4 is 22.4 Å². The molecular formula is C19H18FN3OS. The number of aromatic nitrogens is 2. The Kier molecular flexibility index (Phi) is 5.19. The van der Waals surface area contributed by atoms with Crippen molar-refractivity contribution in [2.24, 2.45) is 0 Å². The number of aryl methyl sites for hydroxylation is 1. The fraction of sp³-hybridized carbons (Fsp3) is 0.211. The molecule has 0 N–H and O–H groups in total. The van der Waals surface area contributed by atoms with E-state index in [1.54, 1.807) is 11.0 Å². The van der Waals surface area contributed by atoms with Crippen molar-refractivity contribution in [3.8, 4) is 10.6 Å². The highest BCUT2D eigenvalue weighted by Crippen LogP contribution is 2.31. The highest BCUT2D eigenvalue weighted by Gasteiger charge is 2.22. The zero-order chi connectivity index (χ0) is 17.8. The molecule has 25 heavy (non-hydrogen) atoms. The molecule has 0 spiro atoms. The van der Waals surface area contributed by atoms with Gasteiger partial charge in [-0.25, -0.2) is 4.39 Å². The second-order valence-electron chi connectivity index (χ2n) is 5.67. The lowest BCUT2D eigenvalue weighted by atomic mass is 10.1. The molecule has 0 bridgehead atoms. The summed E-state index contributed by atoms with van der Waals surface area (Å²) >= 11 is 1.36. The number of hydrogen-bond acceptors (Lipinski definition) is 4. The summed E-state index contributed by atoms with van der Waals surface area (Å²) in [6.45, 7) is 4.49. The normalized spacial score (nSPS) is 10.7. The van der Waals surface area contributed by atoms with Gasteiger partial charge < -0.3 is 0 Å². The Labute approximate surface area is 150 Å². The van der Waals surface area contributed by atoms with E-state index in [2.05, 4.69) is 10.2 Å². The van der Waals surface area contributed by atoms with E-state index in [9.17, 15) is 9.18 Å². The Morgan fingerprint density at radius 3 is 2.68 bits per heavy atom. The van der Waals surface area contributed by atoms with E-state index < -0.39 is 5.82 Å². The molecule has 0 saturated carbocycles. The van der Waals surface area contributed by atoms with Crippen LogP contribution < -0.4 is 4.90 Å². The van der Waals surface area contributed by atoms with Crippen LogP contribution in [0.15, 0.2) is 48.5 Å². The van der Waals surface area contributed by atoms with Gasteiger partial charge in [0.15, 0.2) is 0 Å². The summed E-state index contributed by atoms with van der Waals surface area (Å²) < 4.78 is 13.5. The fourth-order valence-electron chi connectivity index (χ4n) is 2.53. The number of benzene rings is 2. The highest BCUT2D eigenvalue weighted by atomic mass is 32.1. The standard InChI is InChI=1S/C19H18FN3OS/c1-3-11-23(18(24)14-8-6-9-15(20)12-14)19-22-21-17(25-19)16-10-5-4-7-13(16)2/h4-10,12H,3,11H2,1-2H3. The van der Waals surface area contributed by atoms with Crippen LogP contribution in [0, 0.1) is 12.7 Å². The summed E-state index contributed by atoms with van der Waals surface area (Å²) in [5.74, 6) is -0.700. The third-order valence-electron chi connectivity index (χ3n) is 3.78. The molecule has 1 heterocycles.